The molecule has 0 aliphatic heterocycles. The van der Waals surface area contributed by atoms with Gasteiger partial charge in [-0.05, 0) is 11.8 Å². The first-order valence-electron chi connectivity index (χ1n) is 5.51. The number of rotatable bonds is 4. The van der Waals surface area contributed by atoms with Gasteiger partial charge in [0.05, 0.1) is 12.3 Å². The number of anilines is 1. The number of amides is 2. The van der Waals surface area contributed by atoms with Crippen molar-refractivity contribution >= 4 is 22.5 Å². The summed E-state index contributed by atoms with van der Waals surface area (Å²) in [4.78, 5) is 15.6. The van der Waals surface area contributed by atoms with Gasteiger partial charge in [0.1, 0.15) is 0 Å². The van der Waals surface area contributed by atoms with Crippen molar-refractivity contribution in [3.8, 4) is 0 Å². The molecule has 0 bridgehead atoms. The Morgan fingerprint density at radius 2 is 2.24 bits per heavy atom. The lowest BCUT2D eigenvalue weighted by molar-refractivity contribution is 0.245. The van der Waals surface area contributed by atoms with Gasteiger partial charge in [0, 0.05) is 11.9 Å². The first-order valence-corrected chi connectivity index (χ1v) is 6.39. The number of carbonyl (C=O) groups excluding carboxylic acids is 1. The summed E-state index contributed by atoms with van der Waals surface area (Å²) in [5.41, 5.74) is 1.17. The highest BCUT2D eigenvalue weighted by atomic mass is 32.1. The summed E-state index contributed by atoms with van der Waals surface area (Å²) < 4.78 is 0. The largest absolute Gasteiger partial charge is 0.395 e. The summed E-state index contributed by atoms with van der Waals surface area (Å²) in [6, 6.07) is -0.337. The Morgan fingerprint density at radius 1 is 1.53 bits per heavy atom. The lowest BCUT2D eigenvalue weighted by Gasteiger charge is -2.15. The Kier molecular flexibility index (Phi) is 4.89. The molecule has 0 saturated heterocycles. The van der Waals surface area contributed by atoms with Crippen LogP contribution in [0.3, 0.4) is 0 Å². The highest BCUT2D eigenvalue weighted by Gasteiger charge is 2.14. The molecule has 2 amide bonds. The monoisotopic (exact) mass is 257 g/mol. The number of aliphatic hydroxyl groups is 1. The van der Waals surface area contributed by atoms with Crippen molar-refractivity contribution in [2.75, 3.05) is 18.5 Å². The average molecular weight is 257 g/mol. The van der Waals surface area contributed by atoms with E-state index in [-0.39, 0.29) is 24.6 Å². The minimum Gasteiger partial charge on any atom is -0.395 e. The van der Waals surface area contributed by atoms with E-state index in [9.17, 15) is 4.79 Å². The standard InChI is InChI=1S/C11H19N3O2S/c1-11(2,3)6-8-7-17-10(13-8)14-9(16)12-4-5-15/h7,15H,4-6H2,1-3H3,(H2,12,13,14,16). The zero-order chi connectivity index (χ0) is 12.9. The van der Waals surface area contributed by atoms with Crippen molar-refractivity contribution in [1.29, 1.82) is 0 Å². The number of urea groups is 1. The first kappa shape index (κ1) is 13.9. The van der Waals surface area contributed by atoms with E-state index < -0.39 is 0 Å². The van der Waals surface area contributed by atoms with E-state index in [0.29, 0.717) is 5.13 Å². The zero-order valence-electron chi connectivity index (χ0n) is 10.4. The first-order chi connectivity index (χ1) is 7.90. The number of aromatic nitrogens is 1. The van der Waals surface area contributed by atoms with Crippen LogP contribution in [0.25, 0.3) is 0 Å². The molecule has 96 valence electrons. The molecule has 0 aromatic carbocycles. The fourth-order valence-electron chi connectivity index (χ4n) is 1.30. The molecule has 5 nitrogen and oxygen atoms in total. The van der Waals surface area contributed by atoms with Crippen molar-refractivity contribution in [2.45, 2.75) is 27.2 Å². The Morgan fingerprint density at radius 3 is 2.82 bits per heavy atom. The molecule has 1 heterocycles. The van der Waals surface area contributed by atoms with Crippen LogP contribution in [0.2, 0.25) is 0 Å². The SMILES string of the molecule is CC(C)(C)Cc1csc(NC(=O)NCCO)n1. The number of hydrogen-bond donors (Lipinski definition) is 3. The van der Waals surface area contributed by atoms with E-state index >= 15 is 0 Å². The molecule has 0 fully saturated rings. The summed E-state index contributed by atoms with van der Waals surface area (Å²) in [7, 11) is 0. The van der Waals surface area contributed by atoms with Crippen LogP contribution in [0.5, 0.6) is 0 Å². The minimum absolute atomic E-state index is 0.0689. The number of aliphatic hydroxyl groups excluding tert-OH is 1. The van der Waals surface area contributed by atoms with Crippen molar-refractivity contribution < 1.29 is 9.90 Å². The molecule has 1 aromatic rings. The third-order valence-corrected chi connectivity index (χ3v) is 2.69. The molecular weight excluding hydrogens is 238 g/mol. The van der Waals surface area contributed by atoms with Crippen LogP contribution >= 0.6 is 11.3 Å². The average Bonchev–Trinajstić information content (AvgIpc) is 2.59. The van der Waals surface area contributed by atoms with E-state index in [1.807, 2.05) is 5.38 Å². The second-order valence-corrected chi connectivity index (χ2v) is 5.84. The van der Waals surface area contributed by atoms with Gasteiger partial charge in [-0.1, -0.05) is 20.8 Å². The Bertz CT molecular complexity index is 371. The zero-order valence-corrected chi connectivity index (χ0v) is 11.2. The van der Waals surface area contributed by atoms with E-state index in [0.717, 1.165) is 12.1 Å². The molecule has 1 aromatic heterocycles. The van der Waals surface area contributed by atoms with E-state index in [4.69, 9.17) is 5.11 Å². The third-order valence-electron chi connectivity index (χ3n) is 1.88. The molecule has 0 spiro atoms. The van der Waals surface area contributed by atoms with Crippen molar-refractivity contribution in [1.82, 2.24) is 10.3 Å². The maximum Gasteiger partial charge on any atom is 0.321 e. The van der Waals surface area contributed by atoms with Crippen LogP contribution in [0.1, 0.15) is 26.5 Å². The topological polar surface area (TPSA) is 74.2 Å². The number of hydrogen-bond acceptors (Lipinski definition) is 4. The van der Waals surface area contributed by atoms with Crippen molar-refractivity contribution in [2.24, 2.45) is 5.41 Å². The van der Waals surface area contributed by atoms with Crippen molar-refractivity contribution in [3.05, 3.63) is 11.1 Å². The third kappa shape index (κ3) is 5.65. The van der Waals surface area contributed by atoms with Gasteiger partial charge in [-0.3, -0.25) is 5.32 Å². The predicted octanol–water partition coefficient (Wildman–Crippen LogP) is 1.85. The minimum atomic E-state index is -0.337. The molecular formula is C11H19N3O2S. The Hall–Kier alpha value is -1.14. The molecule has 3 N–H and O–H groups in total. The quantitative estimate of drug-likeness (QED) is 0.770. The summed E-state index contributed by atoms with van der Waals surface area (Å²) in [5.74, 6) is 0. The second kappa shape index (κ2) is 5.97. The highest BCUT2D eigenvalue weighted by molar-refractivity contribution is 7.13. The van der Waals surface area contributed by atoms with Crippen molar-refractivity contribution in [3.63, 3.8) is 0 Å². The van der Waals surface area contributed by atoms with Gasteiger partial charge in [-0.15, -0.1) is 11.3 Å². The second-order valence-electron chi connectivity index (χ2n) is 4.99. The molecule has 6 heteroatoms. The van der Waals surface area contributed by atoms with Crippen LogP contribution < -0.4 is 10.6 Å². The molecule has 0 aliphatic rings. The molecule has 0 aliphatic carbocycles. The van der Waals surface area contributed by atoms with Crippen LogP contribution in [-0.2, 0) is 6.42 Å². The molecule has 1 rings (SSSR count). The lowest BCUT2D eigenvalue weighted by Crippen LogP contribution is -2.30. The normalized spacial score (nSPS) is 11.3. The van der Waals surface area contributed by atoms with Gasteiger partial charge in [0.15, 0.2) is 5.13 Å². The van der Waals surface area contributed by atoms with Crippen LogP contribution in [0.4, 0.5) is 9.93 Å². The van der Waals surface area contributed by atoms with Gasteiger partial charge in [-0.25, -0.2) is 9.78 Å². The van der Waals surface area contributed by atoms with E-state index in [2.05, 4.69) is 36.4 Å². The summed E-state index contributed by atoms with van der Waals surface area (Å²) >= 11 is 1.41. The molecule has 0 unspecified atom stereocenters. The number of carbonyl (C=O) groups is 1. The summed E-state index contributed by atoms with van der Waals surface area (Å²) in [5, 5.41) is 16.2. The number of nitrogens with zero attached hydrogens (tertiary/aromatic N) is 1. The van der Waals surface area contributed by atoms with E-state index in [1.165, 1.54) is 11.3 Å². The molecule has 0 atom stereocenters. The lowest BCUT2D eigenvalue weighted by atomic mass is 9.91. The fourth-order valence-corrected chi connectivity index (χ4v) is 2.00. The van der Waals surface area contributed by atoms with Gasteiger partial charge in [-0.2, -0.15) is 0 Å². The molecule has 17 heavy (non-hydrogen) atoms. The highest BCUT2D eigenvalue weighted by Crippen LogP contribution is 2.23. The van der Waals surface area contributed by atoms with Gasteiger partial charge >= 0.3 is 6.03 Å². The summed E-state index contributed by atoms with van der Waals surface area (Å²) in [6.45, 7) is 6.61. The Balaban J connectivity index is 2.48. The maximum absolute atomic E-state index is 11.3. The summed E-state index contributed by atoms with van der Waals surface area (Å²) in [6.07, 6.45) is 0.878. The number of thiazole rings is 1. The van der Waals surface area contributed by atoms with Crippen LogP contribution in [-0.4, -0.2) is 29.3 Å². The maximum atomic E-state index is 11.3. The van der Waals surface area contributed by atoms with Crippen LogP contribution in [0, 0.1) is 5.41 Å². The number of nitrogens with one attached hydrogen (secondary N) is 2. The van der Waals surface area contributed by atoms with Gasteiger partial charge in [0.25, 0.3) is 0 Å². The fraction of sp³-hybridized carbons (Fsp3) is 0.636. The van der Waals surface area contributed by atoms with Gasteiger partial charge < -0.3 is 10.4 Å². The molecule has 0 saturated carbocycles. The predicted molar refractivity (Wildman–Crippen MR) is 69.4 cm³/mol. The van der Waals surface area contributed by atoms with Crippen LogP contribution in [0.15, 0.2) is 5.38 Å². The molecule has 0 radical (unpaired) electrons. The van der Waals surface area contributed by atoms with Gasteiger partial charge in [0.2, 0.25) is 0 Å². The smallest absolute Gasteiger partial charge is 0.321 e. The Labute approximate surface area is 105 Å². The van der Waals surface area contributed by atoms with E-state index in [1.54, 1.807) is 0 Å².